The molecule has 0 aromatic heterocycles. The Hall–Kier alpha value is -0.980. The molecule has 0 aliphatic rings. The number of rotatable bonds is 4. The molecule has 106 valence electrons. The molecule has 1 atom stereocenters. The third-order valence-corrected chi connectivity index (χ3v) is 4.32. The second-order valence-electron chi connectivity index (χ2n) is 5.71. The molecule has 0 aliphatic heterocycles. The third-order valence-electron chi connectivity index (χ3n) is 3.39. The van der Waals surface area contributed by atoms with E-state index in [1.807, 2.05) is 19.1 Å². The van der Waals surface area contributed by atoms with Crippen molar-refractivity contribution in [3.63, 3.8) is 0 Å². The summed E-state index contributed by atoms with van der Waals surface area (Å²) < 4.78 is 0. The van der Waals surface area contributed by atoms with Crippen LogP contribution in [0.4, 0.5) is 0 Å². The van der Waals surface area contributed by atoms with Gasteiger partial charge in [-0.25, -0.2) is 0 Å². The molecule has 0 saturated carbocycles. The maximum atomic E-state index is 6.57. The van der Waals surface area contributed by atoms with Gasteiger partial charge in [0.15, 0.2) is 0 Å². The lowest BCUT2D eigenvalue weighted by atomic mass is 9.98. The van der Waals surface area contributed by atoms with Crippen molar-refractivity contribution in [1.82, 2.24) is 0 Å². The van der Waals surface area contributed by atoms with E-state index in [2.05, 4.69) is 44.2 Å². The first kappa shape index (κ1) is 15.4. The average molecular weight is 307 g/mol. The van der Waals surface area contributed by atoms with Crippen molar-refractivity contribution in [2.45, 2.75) is 32.6 Å². The number of benzene rings is 2. The van der Waals surface area contributed by atoms with Gasteiger partial charge in [-0.05, 0) is 47.6 Å². The molecule has 20 heavy (non-hydrogen) atoms. The molecule has 2 aromatic rings. The molecule has 0 fully saturated rings. The van der Waals surface area contributed by atoms with E-state index in [1.54, 1.807) is 0 Å². The first-order chi connectivity index (χ1) is 9.47. The molecule has 0 amide bonds. The zero-order chi connectivity index (χ0) is 14.7. The van der Waals surface area contributed by atoms with Gasteiger partial charge < -0.3 is 0 Å². The van der Waals surface area contributed by atoms with Gasteiger partial charge in [-0.15, -0.1) is 11.6 Å². The minimum atomic E-state index is -0.126. The van der Waals surface area contributed by atoms with Gasteiger partial charge in [0.05, 0.1) is 5.38 Å². The van der Waals surface area contributed by atoms with Crippen LogP contribution in [0.1, 0.15) is 41.5 Å². The highest BCUT2D eigenvalue weighted by Gasteiger charge is 2.12. The Bertz CT molecular complexity index is 570. The Morgan fingerprint density at radius 3 is 2.10 bits per heavy atom. The van der Waals surface area contributed by atoms with Crippen LogP contribution in [0, 0.1) is 12.8 Å². The molecular weight excluding hydrogens is 287 g/mol. The zero-order valence-corrected chi connectivity index (χ0v) is 13.7. The normalized spacial score (nSPS) is 12.7. The molecule has 0 heterocycles. The fourth-order valence-electron chi connectivity index (χ4n) is 2.31. The van der Waals surface area contributed by atoms with Gasteiger partial charge in [-0.3, -0.25) is 0 Å². The van der Waals surface area contributed by atoms with E-state index in [1.165, 1.54) is 5.56 Å². The largest absolute Gasteiger partial charge is 0.113 e. The Morgan fingerprint density at radius 2 is 1.55 bits per heavy atom. The minimum absolute atomic E-state index is 0.126. The molecule has 0 N–H and O–H groups in total. The number of hydrogen-bond acceptors (Lipinski definition) is 0. The molecule has 0 bridgehead atoms. The minimum Gasteiger partial charge on any atom is -0.113 e. The molecule has 2 aromatic carbocycles. The van der Waals surface area contributed by atoms with Crippen LogP contribution >= 0.6 is 23.2 Å². The Morgan fingerprint density at radius 1 is 0.950 bits per heavy atom. The van der Waals surface area contributed by atoms with Crippen molar-refractivity contribution in [2.24, 2.45) is 5.92 Å². The lowest BCUT2D eigenvalue weighted by molar-refractivity contribution is 0.647. The van der Waals surface area contributed by atoms with Crippen LogP contribution in [0.3, 0.4) is 0 Å². The van der Waals surface area contributed by atoms with Gasteiger partial charge >= 0.3 is 0 Å². The van der Waals surface area contributed by atoms with Gasteiger partial charge in [0.2, 0.25) is 0 Å². The van der Waals surface area contributed by atoms with E-state index in [0.717, 1.165) is 28.1 Å². The molecule has 0 saturated heterocycles. The van der Waals surface area contributed by atoms with Crippen LogP contribution < -0.4 is 0 Å². The predicted molar refractivity (Wildman–Crippen MR) is 88.9 cm³/mol. The number of alkyl halides is 1. The first-order valence-electron chi connectivity index (χ1n) is 6.96. The highest BCUT2D eigenvalue weighted by atomic mass is 35.5. The highest BCUT2D eigenvalue weighted by molar-refractivity contribution is 6.31. The quantitative estimate of drug-likeness (QED) is 0.592. The lowest BCUT2D eigenvalue weighted by Crippen LogP contribution is -1.97. The summed E-state index contributed by atoms with van der Waals surface area (Å²) in [5, 5.41) is 0.656. The molecule has 0 nitrogen and oxygen atoms in total. The van der Waals surface area contributed by atoms with Crippen LogP contribution in [0.2, 0.25) is 5.02 Å². The molecule has 0 spiro atoms. The number of halogens is 2. The van der Waals surface area contributed by atoms with Gasteiger partial charge in [0.25, 0.3) is 0 Å². The third kappa shape index (κ3) is 3.77. The molecule has 0 aliphatic carbocycles. The van der Waals surface area contributed by atoms with E-state index in [9.17, 15) is 0 Å². The zero-order valence-electron chi connectivity index (χ0n) is 12.2. The van der Waals surface area contributed by atoms with Crippen LogP contribution in [0.15, 0.2) is 42.5 Å². The second kappa shape index (κ2) is 6.65. The number of aryl methyl sites for hydroxylation is 1. The molecule has 2 rings (SSSR count). The maximum absolute atomic E-state index is 6.57. The summed E-state index contributed by atoms with van der Waals surface area (Å²) in [6, 6.07) is 14.6. The van der Waals surface area contributed by atoms with Crippen LogP contribution in [-0.4, -0.2) is 0 Å². The SMILES string of the molecule is Cc1cc(C(Cl)c2ccc(CC(C)C)cc2)ccc1Cl. The van der Waals surface area contributed by atoms with Gasteiger partial charge in [-0.1, -0.05) is 61.8 Å². The fraction of sp³-hybridized carbons (Fsp3) is 0.333. The molecule has 1 unspecified atom stereocenters. The molecular formula is C18H20Cl2. The number of hydrogen-bond donors (Lipinski definition) is 0. The molecule has 2 heteroatoms. The summed E-state index contributed by atoms with van der Waals surface area (Å²) in [7, 11) is 0. The second-order valence-corrected chi connectivity index (χ2v) is 6.55. The Kier molecular flexibility index (Phi) is 5.12. The van der Waals surface area contributed by atoms with Gasteiger partial charge in [0.1, 0.15) is 0 Å². The average Bonchev–Trinajstić information content (AvgIpc) is 2.41. The van der Waals surface area contributed by atoms with Crippen molar-refractivity contribution in [3.8, 4) is 0 Å². The summed E-state index contributed by atoms with van der Waals surface area (Å²) in [4.78, 5) is 0. The smallest absolute Gasteiger partial charge is 0.0835 e. The van der Waals surface area contributed by atoms with Gasteiger partial charge in [0, 0.05) is 5.02 Å². The monoisotopic (exact) mass is 306 g/mol. The van der Waals surface area contributed by atoms with Crippen molar-refractivity contribution in [1.29, 1.82) is 0 Å². The summed E-state index contributed by atoms with van der Waals surface area (Å²) in [5.41, 5.74) is 4.64. The van der Waals surface area contributed by atoms with Gasteiger partial charge in [-0.2, -0.15) is 0 Å². The van der Waals surface area contributed by atoms with Crippen molar-refractivity contribution >= 4 is 23.2 Å². The van der Waals surface area contributed by atoms with Crippen LogP contribution in [0.5, 0.6) is 0 Å². The van der Waals surface area contributed by atoms with E-state index < -0.39 is 0 Å². The summed E-state index contributed by atoms with van der Waals surface area (Å²) in [6.07, 6.45) is 1.10. The Balaban J connectivity index is 2.20. The molecule has 0 radical (unpaired) electrons. The van der Waals surface area contributed by atoms with Crippen molar-refractivity contribution in [2.75, 3.05) is 0 Å². The van der Waals surface area contributed by atoms with E-state index in [0.29, 0.717) is 5.92 Å². The summed E-state index contributed by atoms with van der Waals surface area (Å²) in [5.74, 6) is 0.673. The predicted octanol–water partition coefficient (Wildman–Crippen LogP) is 6.18. The fourth-order valence-corrected chi connectivity index (χ4v) is 2.71. The Labute approximate surface area is 131 Å². The summed E-state index contributed by atoms with van der Waals surface area (Å²) in [6.45, 7) is 6.46. The van der Waals surface area contributed by atoms with Crippen LogP contribution in [-0.2, 0) is 6.42 Å². The first-order valence-corrected chi connectivity index (χ1v) is 7.77. The van der Waals surface area contributed by atoms with E-state index in [-0.39, 0.29) is 5.38 Å². The van der Waals surface area contributed by atoms with E-state index >= 15 is 0 Å². The lowest BCUT2D eigenvalue weighted by Gasteiger charge is -2.13. The summed E-state index contributed by atoms with van der Waals surface area (Å²) >= 11 is 12.6. The topological polar surface area (TPSA) is 0 Å². The highest BCUT2D eigenvalue weighted by Crippen LogP contribution is 2.31. The standard InChI is InChI=1S/C18H20Cl2/c1-12(2)10-14-4-6-15(7-5-14)18(20)16-8-9-17(19)13(3)11-16/h4-9,11-12,18H,10H2,1-3H3. The van der Waals surface area contributed by atoms with Crippen molar-refractivity contribution < 1.29 is 0 Å². The van der Waals surface area contributed by atoms with Crippen LogP contribution in [0.25, 0.3) is 0 Å². The van der Waals surface area contributed by atoms with E-state index in [4.69, 9.17) is 23.2 Å². The van der Waals surface area contributed by atoms with Crippen molar-refractivity contribution in [3.05, 3.63) is 69.7 Å². The maximum Gasteiger partial charge on any atom is 0.0835 e.